The van der Waals surface area contributed by atoms with Crippen LogP contribution in [0.3, 0.4) is 0 Å². The molecule has 0 unspecified atom stereocenters. The first-order valence-electron chi connectivity index (χ1n) is 9.34. The summed E-state index contributed by atoms with van der Waals surface area (Å²) in [6.45, 7) is 2.67. The summed E-state index contributed by atoms with van der Waals surface area (Å²) in [7, 11) is 0. The van der Waals surface area contributed by atoms with Gasteiger partial charge in [-0.3, -0.25) is 9.78 Å². The van der Waals surface area contributed by atoms with Crippen LogP contribution in [0.1, 0.15) is 0 Å². The normalized spacial score (nSPS) is 14.0. The number of carbonyl (C=O) groups is 1. The maximum atomic E-state index is 12.4. The number of anilines is 1. The number of benzene rings is 1. The van der Waals surface area contributed by atoms with Crippen molar-refractivity contribution in [1.29, 1.82) is 0 Å². The van der Waals surface area contributed by atoms with Crippen molar-refractivity contribution in [2.24, 2.45) is 0 Å². The second kappa shape index (κ2) is 8.87. The molecule has 0 spiro atoms. The van der Waals surface area contributed by atoms with Gasteiger partial charge in [0.1, 0.15) is 5.75 Å². The maximum absolute atomic E-state index is 12.4. The van der Waals surface area contributed by atoms with E-state index < -0.39 is 0 Å². The van der Waals surface area contributed by atoms with Gasteiger partial charge in [0.15, 0.2) is 12.4 Å². The van der Waals surface area contributed by atoms with Crippen LogP contribution in [0.2, 0.25) is 5.02 Å². The molecule has 1 amide bonds. The van der Waals surface area contributed by atoms with Gasteiger partial charge in [0.25, 0.3) is 5.91 Å². The summed E-state index contributed by atoms with van der Waals surface area (Å²) in [5.74, 6) is 1.41. The fourth-order valence-corrected chi connectivity index (χ4v) is 3.25. The quantitative estimate of drug-likeness (QED) is 0.645. The Hall–Kier alpha value is -3.19. The molecule has 1 aliphatic heterocycles. The largest absolute Gasteiger partial charge is 0.484 e. The van der Waals surface area contributed by atoms with E-state index in [9.17, 15) is 4.79 Å². The SMILES string of the molecule is O=C(COc1ccc(Cl)cc1)N1CCN(c2ccc(-c3ccncc3)nn2)CC1. The summed E-state index contributed by atoms with van der Waals surface area (Å²) < 4.78 is 5.55. The summed E-state index contributed by atoms with van der Waals surface area (Å²) in [6, 6.07) is 14.7. The Morgan fingerprint density at radius 2 is 1.66 bits per heavy atom. The number of ether oxygens (including phenoxy) is 1. The third-order valence-electron chi connectivity index (χ3n) is 4.76. The van der Waals surface area contributed by atoms with Crippen molar-refractivity contribution in [2.45, 2.75) is 0 Å². The van der Waals surface area contributed by atoms with Gasteiger partial charge < -0.3 is 14.5 Å². The van der Waals surface area contributed by atoms with E-state index in [-0.39, 0.29) is 12.5 Å². The van der Waals surface area contributed by atoms with Gasteiger partial charge in [0, 0.05) is 49.2 Å². The number of nitrogens with zero attached hydrogens (tertiary/aromatic N) is 5. The first-order valence-corrected chi connectivity index (χ1v) is 9.72. The Morgan fingerprint density at radius 1 is 0.931 bits per heavy atom. The minimum absolute atomic E-state index is 0.0159. The van der Waals surface area contributed by atoms with Gasteiger partial charge in [0.05, 0.1) is 5.69 Å². The number of pyridine rings is 1. The smallest absolute Gasteiger partial charge is 0.260 e. The number of hydrogen-bond acceptors (Lipinski definition) is 6. The molecule has 7 nitrogen and oxygen atoms in total. The van der Waals surface area contributed by atoms with Crippen LogP contribution in [0, 0.1) is 0 Å². The zero-order valence-corrected chi connectivity index (χ0v) is 16.5. The molecule has 0 N–H and O–H groups in total. The van der Waals surface area contributed by atoms with Crippen molar-refractivity contribution in [1.82, 2.24) is 20.1 Å². The first-order chi connectivity index (χ1) is 14.2. The molecule has 3 heterocycles. The molecular weight excluding hydrogens is 390 g/mol. The van der Waals surface area contributed by atoms with E-state index in [2.05, 4.69) is 20.1 Å². The lowest BCUT2D eigenvalue weighted by Crippen LogP contribution is -2.50. The lowest BCUT2D eigenvalue weighted by atomic mass is 10.2. The third kappa shape index (κ3) is 4.81. The molecule has 8 heteroatoms. The molecule has 1 saturated heterocycles. The molecule has 4 rings (SSSR count). The lowest BCUT2D eigenvalue weighted by Gasteiger charge is -2.35. The monoisotopic (exact) mass is 409 g/mol. The van der Waals surface area contributed by atoms with E-state index in [1.807, 2.05) is 29.2 Å². The maximum Gasteiger partial charge on any atom is 0.260 e. The second-order valence-corrected chi connectivity index (χ2v) is 7.06. The molecule has 1 aromatic carbocycles. The molecule has 148 valence electrons. The molecule has 0 aliphatic carbocycles. The predicted molar refractivity (Wildman–Crippen MR) is 111 cm³/mol. The van der Waals surface area contributed by atoms with Gasteiger partial charge in [-0.1, -0.05) is 11.6 Å². The summed E-state index contributed by atoms with van der Waals surface area (Å²) in [4.78, 5) is 20.4. The third-order valence-corrected chi connectivity index (χ3v) is 5.01. The minimum atomic E-state index is -0.0290. The van der Waals surface area contributed by atoms with E-state index in [1.165, 1.54) is 0 Å². The zero-order chi connectivity index (χ0) is 20.1. The Balaban J connectivity index is 1.28. The van der Waals surface area contributed by atoms with Crippen LogP contribution in [-0.4, -0.2) is 58.8 Å². The molecule has 29 heavy (non-hydrogen) atoms. The van der Waals surface area contributed by atoms with Crippen molar-refractivity contribution in [3.05, 3.63) is 65.9 Å². The number of halogens is 1. The Kier molecular flexibility index (Phi) is 5.86. The minimum Gasteiger partial charge on any atom is -0.484 e. The van der Waals surface area contributed by atoms with E-state index in [4.69, 9.17) is 16.3 Å². The van der Waals surface area contributed by atoms with Gasteiger partial charge >= 0.3 is 0 Å². The topological polar surface area (TPSA) is 71.5 Å². The van der Waals surface area contributed by atoms with Crippen molar-refractivity contribution in [3.63, 3.8) is 0 Å². The second-order valence-electron chi connectivity index (χ2n) is 6.62. The summed E-state index contributed by atoms with van der Waals surface area (Å²) in [6.07, 6.45) is 3.47. The van der Waals surface area contributed by atoms with Crippen LogP contribution in [0.5, 0.6) is 5.75 Å². The zero-order valence-electron chi connectivity index (χ0n) is 15.7. The van der Waals surface area contributed by atoms with E-state index >= 15 is 0 Å². The molecule has 3 aromatic rings. The highest BCUT2D eigenvalue weighted by atomic mass is 35.5. The van der Waals surface area contributed by atoms with Crippen LogP contribution in [0.4, 0.5) is 5.82 Å². The molecule has 0 bridgehead atoms. The standard InChI is InChI=1S/C21H20ClN5O2/c22-17-1-3-18(4-2-17)29-15-21(28)27-13-11-26(12-14-27)20-6-5-19(24-25-20)16-7-9-23-10-8-16/h1-10H,11-15H2. The number of amides is 1. The van der Waals surface area contributed by atoms with Gasteiger partial charge in [-0.15, -0.1) is 10.2 Å². The molecule has 2 aromatic heterocycles. The van der Waals surface area contributed by atoms with Crippen molar-refractivity contribution < 1.29 is 9.53 Å². The van der Waals surface area contributed by atoms with Crippen molar-refractivity contribution in [3.8, 4) is 17.0 Å². The van der Waals surface area contributed by atoms with Crippen molar-refractivity contribution in [2.75, 3.05) is 37.7 Å². The highest BCUT2D eigenvalue weighted by molar-refractivity contribution is 6.30. The molecular formula is C21H20ClN5O2. The number of rotatable bonds is 5. The number of carbonyl (C=O) groups excluding carboxylic acids is 1. The number of hydrogen-bond donors (Lipinski definition) is 0. The highest BCUT2D eigenvalue weighted by Crippen LogP contribution is 2.19. The number of aromatic nitrogens is 3. The lowest BCUT2D eigenvalue weighted by molar-refractivity contribution is -0.133. The van der Waals surface area contributed by atoms with Crippen molar-refractivity contribution >= 4 is 23.3 Å². The molecule has 1 aliphatic rings. The first kappa shape index (κ1) is 19.1. The fraction of sp³-hybridized carbons (Fsp3) is 0.238. The van der Waals surface area contributed by atoms with Gasteiger partial charge in [-0.25, -0.2) is 0 Å². The van der Waals surface area contributed by atoms with E-state index in [0.29, 0.717) is 37.0 Å². The highest BCUT2D eigenvalue weighted by Gasteiger charge is 2.22. The van der Waals surface area contributed by atoms with Crippen LogP contribution in [0.25, 0.3) is 11.3 Å². The Labute approximate surface area is 173 Å². The average Bonchev–Trinajstić information content (AvgIpc) is 2.79. The van der Waals surface area contributed by atoms with Gasteiger partial charge in [-0.2, -0.15) is 0 Å². The molecule has 0 atom stereocenters. The number of piperazine rings is 1. The summed E-state index contributed by atoms with van der Waals surface area (Å²) >= 11 is 5.85. The average molecular weight is 410 g/mol. The van der Waals surface area contributed by atoms with Gasteiger partial charge in [0.2, 0.25) is 0 Å². The summed E-state index contributed by atoms with van der Waals surface area (Å²) in [5, 5.41) is 9.30. The van der Waals surface area contributed by atoms with Crippen LogP contribution in [0.15, 0.2) is 60.9 Å². The van der Waals surface area contributed by atoms with E-state index in [0.717, 1.165) is 17.1 Å². The van der Waals surface area contributed by atoms with E-state index in [1.54, 1.807) is 36.7 Å². The summed E-state index contributed by atoms with van der Waals surface area (Å²) in [5.41, 5.74) is 1.79. The fourth-order valence-electron chi connectivity index (χ4n) is 3.12. The van der Waals surface area contributed by atoms with Crippen LogP contribution in [-0.2, 0) is 4.79 Å². The van der Waals surface area contributed by atoms with Crippen LogP contribution >= 0.6 is 11.6 Å². The Bertz CT molecular complexity index is 943. The van der Waals surface area contributed by atoms with Gasteiger partial charge in [-0.05, 0) is 48.5 Å². The Morgan fingerprint density at radius 3 is 2.31 bits per heavy atom. The molecule has 0 saturated carbocycles. The predicted octanol–water partition coefficient (Wildman–Crippen LogP) is 2.92. The molecule has 1 fully saturated rings. The molecule has 0 radical (unpaired) electrons. The van der Waals surface area contributed by atoms with Crippen LogP contribution < -0.4 is 9.64 Å².